The lowest BCUT2D eigenvalue weighted by atomic mass is 10.00. The average molecular weight is 463 g/mol. The Morgan fingerprint density at radius 3 is 2.75 bits per heavy atom. The molecule has 1 atom stereocenters. The Bertz CT molecular complexity index is 583. The van der Waals surface area contributed by atoms with E-state index in [1.165, 1.54) is 0 Å². The Hall–Kier alpha value is -1.06. The molecule has 0 bridgehead atoms. The van der Waals surface area contributed by atoms with Crippen LogP contribution in [0.25, 0.3) is 0 Å². The zero-order valence-electron chi connectivity index (χ0n) is 14.1. The average Bonchev–Trinajstić information content (AvgIpc) is 3.22. The van der Waals surface area contributed by atoms with Crippen molar-refractivity contribution in [2.45, 2.75) is 32.3 Å². The molecule has 3 N–H and O–H groups in total. The molecule has 0 aliphatic rings. The second-order valence-electron chi connectivity index (χ2n) is 5.63. The highest BCUT2D eigenvalue weighted by molar-refractivity contribution is 14.0. The van der Waals surface area contributed by atoms with E-state index in [1.807, 2.05) is 29.0 Å². The maximum atomic E-state index is 10.6. The summed E-state index contributed by atoms with van der Waals surface area (Å²) >= 11 is 1.58. The summed E-state index contributed by atoms with van der Waals surface area (Å²) in [5.74, 6) is 1.66. The van der Waals surface area contributed by atoms with Crippen molar-refractivity contribution < 1.29 is 9.52 Å². The third-order valence-corrected chi connectivity index (χ3v) is 4.16. The first-order valence-electron chi connectivity index (χ1n) is 7.91. The van der Waals surface area contributed by atoms with Crippen molar-refractivity contribution in [2.75, 3.05) is 19.6 Å². The van der Waals surface area contributed by atoms with Gasteiger partial charge in [0.05, 0.1) is 12.8 Å². The Morgan fingerprint density at radius 2 is 2.12 bits per heavy atom. The lowest BCUT2D eigenvalue weighted by molar-refractivity contribution is 0.0677. The maximum absolute atomic E-state index is 10.6. The Morgan fingerprint density at radius 1 is 1.33 bits per heavy atom. The second-order valence-corrected chi connectivity index (χ2v) is 6.41. The molecule has 0 amide bonds. The van der Waals surface area contributed by atoms with Crippen LogP contribution in [0.4, 0.5) is 0 Å². The number of halogens is 1. The van der Waals surface area contributed by atoms with Crippen molar-refractivity contribution in [1.82, 2.24) is 10.6 Å². The summed E-state index contributed by atoms with van der Waals surface area (Å²) in [7, 11) is 0. The molecule has 0 aliphatic heterocycles. The monoisotopic (exact) mass is 463 g/mol. The molecular weight excluding hydrogens is 437 g/mol. The lowest BCUT2D eigenvalue weighted by Crippen LogP contribution is -2.40. The normalized spacial score (nSPS) is 13.9. The molecule has 2 aromatic heterocycles. The van der Waals surface area contributed by atoms with Gasteiger partial charge in [0.15, 0.2) is 5.96 Å². The smallest absolute Gasteiger partial charge is 0.191 e. The molecule has 5 nitrogen and oxygen atoms in total. The minimum Gasteiger partial charge on any atom is -0.469 e. The number of nitrogens with one attached hydrogen (secondary N) is 2. The van der Waals surface area contributed by atoms with E-state index in [2.05, 4.69) is 22.5 Å². The summed E-state index contributed by atoms with van der Waals surface area (Å²) in [4.78, 5) is 4.53. The zero-order chi connectivity index (χ0) is 16.5. The fraction of sp³-hybridized carbons (Fsp3) is 0.471. The summed E-state index contributed by atoms with van der Waals surface area (Å²) < 4.78 is 5.32. The van der Waals surface area contributed by atoms with Crippen molar-refractivity contribution in [3.63, 3.8) is 0 Å². The highest BCUT2D eigenvalue weighted by atomic mass is 127. The molecule has 0 fully saturated rings. The second kappa shape index (κ2) is 10.7. The highest BCUT2D eigenvalue weighted by Crippen LogP contribution is 2.23. The number of hydrogen-bond acceptors (Lipinski definition) is 4. The fourth-order valence-electron chi connectivity index (χ4n) is 2.07. The van der Waals surface area contributed by atoms with Gasteiger partial charge in [-0.2, -0.15) is 11.3 Å². The van der Waals surface area contributed by atoms with Gasteiger partial charge in [-0.05, 0) is 47.9 Å². The van der Waals surface area contributed by atoms with Crippen LogP contribution in [0.15, 0.2) is 44.6 Å². The molecule has 134 valence electrons. The van der Waals surface area contributed by atoms with Crippen molar-refractivity contribution in [1.29, 1.82) is 0 Å². The van der Waals surface area contributed by atoms with E-state index < -0.39 is 5.60 Å². The molecule has 0 radical (unpaired) electrons. The molecule has 0 saturated heterocycles. The SMILES string of the molecule is CCCNC(=NCC(C)(O)c1ccsc1)NCCc1ccco1.I. The van der Waals surface area contributed by atoms with E-state index in [9.17, 15) is 5.11 Å². The molecule has 2 heterocycles. The van der Waals surface area contributed by atoms with E-state index >= 15 is 0 Å². The lowest BCUT2D eigenvalue weighted by Gasteiger charge is -2.21. The van der Waals surface area contributed by atoms with Crippen LogP contribution in [0.2, 0.25) is 0 Å². The van der Waals surface area contributed by atoms with Gasteiger partial charge in [0.25, 0.3) is 0 Å². The van der Waals surface area contributed by atoms with Crippen LogP contribution in [0.1, 0.15) is 31.6 Å². The topological polar surface area (TPSA) is 69.8 Å². The van der Waals surface area contributed by atoms with Crippen molar-refractivity contribution >= 4 is 41.3 Å². The first-order chi connectivity index (χ1) is 11.1. The molecule has 7 heteroatoms. The molecule has 2 aromatic rings. The third kappa shape index (κ3) is 6.82. The van der Waals surface area contributed by atoms with Crippen LogP contribution in [-0.2, 0) is 12.0 Å². The Balaban J connectivity index is 0.00000288. The van der Waals surface area contributed by atoms with Crippen LogP contribution < -0.4 is 10.6 Å². The quantitative estimate of drug-likeness (QED) is 0.319. The number of nitrogens with zero attached hydrogens (tertiary/aromatic N) is 1. The molecule has 24 heavy (non-hydrogen) atoms. The molecule has 0 aliphatic carbocycles. The number of aliphatic imine (C=N–C) groups is 1. The van der Waals surface area contributed by atoms with Gasteiger partial charge in [-0.3, -0.25) is 0 Å². The van der Waals surface area contributed by atoms with Crippen LogP contribution in [0, 0.1) is 0 Å². The van der Waals surface area contributed by atoms with Gasteiger partial charge >= 0.3 is 0 Å². The molecule has 0 aromatic carbocycles. The van der Waals surface area contributed by atoms with Gasteiger partial charge < -0.3 is 20.2 Å². The third-order valence-electron chi connectivity index (χ3n) is 3.47. The minimum atomic E-state index is -0.957. The fourth-order valence-corrected chi connectivity index (χ4v) is 2.85. The summed E-state index contributed by atoms with van der Waals surface area (Å²) in [6, 6.07) is 5.78. The van der Waals surface area contributed by atoms with Crippen LogP contribution >= 0.6 is 35.3 Å². The standard InChI is InChI=1S/C17H25N3O2S.HI/c1-3-8-18-16(19-9-6-15-5-4-10-22-15)20-13-17(2,21)14-7-11-23-12-14;/h4-5,7,10-12,21H,3,6,8-9,13H2,1-2H3,(H2,18,19,20);1H. The maximum Gasteiger partial charge on any atom is 0.191 e. The van der Waals surface area contributed by atoms with Crippen LogP contribution in [0.3, 0.4) is 0 Å². The Kier molecular flexibility index (Phi) is 9.38. The number of furan rings is 1. The zero-order valence-corrected chi connectivity index (χ0v) is 17.3. The van der Waals surface area contributed by atoms with Gasteiger partial charge in [-0.1, -0.05) is 6.92 Å². The van der Waals surface area contributed by atoms with E-state index in [-0.39, 0.29) is 24.0 Å². The summed E-state index contributed by atoms with van der Waals surface area (Å²) in [6.07, 6.45) is 3.48. The number of hydrogen-bond donors (Lipinski definition) is 3. The van der Waals surface area contributed by atoms with E-state index in [1.54, 1.807) is 24.5 Å². The van der Waals surface area contributed by atoms with Crippen molar-refractivity contribution in [3.05, 3.63) is 46.5 Å². The van der Waals surface area contributed by atoms with Gasteiger partial charge in [0.2, 0.25) is 0 Å². The highest BCUT2D eigenvalue weighted by Gasteiger charge is 2.23. The van der Waals surface area contributed by atoms with Crippen LogP contribution in [0.5, 0.6) is 0 Å². The van der Waals surface area contributed by atoms with E-state index in [0.717, 1.165) is 37.3 Å². The number of thiophene rings is 1. The van der Waals surface area contributed by atoms with Gasteiger partial charge in [0, 0.05) is 19.5 Å². The summed E-state index contributed by atoms with van der Waals surface area (Å²) in [5.41, 5.74) is -0.0568. The largest absolute Gasteiger partial charge is 0.469 e. The van der Waals surface area contributed by atoms with Gasteiger partial charge in [-0.25, -0.2) is 4.99 Å². The van der Waals surface area contributed by atoms with Crippen molar-refractivity contribution in [3.8, 4) is 0 Å². The number of aliphatic hydroxyl groups is 1. The number of guanidine groups is 1. The van der Waals surface area contributed by atoms with Gasteiger partial charge in [0.1, 0.15) is 11.4 Å². The molecule has 0 saturated carbocycles. The minimum absolute atomic E-state index is 0. The van der Waals surface area contributed by atoms with E-state index in [0.29, 0.717) is 12.5 Å². The molecule has 2 rings (SSSR count). The molecular formula is C17H26IN3O2S. The summed E-state index contributed by atoms with van der Waals surface area (Å²) in [6.45, 7) is 5.77. The van der Waals surface area contributed by atoms with E-state index in [4.69, 9.17) is 4.42 Å². The summed E-state index contributed by atoms with van der Waals surface area (Å²) in [5, 5.41) is 21.0. The Labute approximate surface area is 164 Å². The number of rotatable bonds is 8. The predicted octanol–water partition coefficient (Wildman–Crippen LogP) is 3.35. The molecule has 0 spiro atoms. The van der Waals surface area contributed by atoms with Crippen LogP contribution in [-0.4, -0.2) is 30.7 Å². The first-order valence-corrected chi connectivity index (χ1v) is 8.85. The molecule has 1 unspecified atom stereocenters. The van der Waals surface area contributed by atoms with Gasteiger partial charge in [-0.15, -0.1) is 24.0 Å². The predicted molar refractivity (Wildman–Crippen MR) is 110 cm³/mol. The first kappa shape index (κ1) is 21.0. The van der Waals surface area contributed by atoms with Crippen molar-refractivity contribution in [2.24, 2.45) is 4.99 Å².